The van der Waals surface area contributed by atoms with E-state index in [1.807, 2.05) is 0 Å². The number of aryl methyl sites for hydroxylation is 1. The predicted molar refractivity (Wildman–Crippen MR) is 105 cm³/mol. The van der Waals surface area contributed by atoms with Gasteiger partial charge in [-0.1, -0.05) is 6.07 Å². The number of carbonyl (C=O) groups is 2. The minimum absolute atomic E-state index is 0.0192. The number of nitrogens with zero attached hydrogens (tertiary/aromatic N) is 4. The van der Waals surface area contributed by atoms with Crippen molar-refractivity contribution in [2.24, 2.45) is 0 Å². The number of hydrogen-bond acceptors (Lipinski definition) is 5. The number of rotatable bonds is 9. The Bertz CT molecular complexity index is 1150. The summed E-state index contributed by atoms with van der Waals surface area (Å²) in [6.45, 7) is -0.610. The third kappa shape index (κ3) is 7.45. The van der Waals surface area contributed by atoms with Gasteiger partial charge in [-0.3, -0.25) is 9.59 Å². The maximum atomic E-state index is 12.4. The molecule has 0 aliphatic rings. The molecule has 1 aromatic carbocycles. The van der Waals surface area contributed by atoms with Crippen LogP contribution in [0.25, 0.3) is 11.0 Å². The van der Waals surface area contributed by atoms with Crippen LogP contribution in [-0.2, 0) is 24.4 Å². The molecule has 0 radical (unpaired) electrons. The highest BCUT2D eigenvalue weighted by Gasteiger charge is 2.28. The Balaban J connectivity index is 1.55. The summed E-state index contributed by atoms with van der Waals surface area (Å²) in [7, 11) is 0. The Morgan fingerprint density at radius 1 is 1.00 bits per heavy atom. The smallest absolute Gasteiger partial charge is 0.352 e. The maximum absolute atomic E-state index is 12.4. The van der Waals surface area contributed by atoms with E-state index in [0.29, 0.717) is 22.4 Å². The zero-order valence-corrected chi connectivity index (χ0v) is 17.4. The number of nitrogens with one attached hydrogen (secondary N) is 3. The molecule has 3 rings (SSSR count). The minimum Gasteiger partial charge on any atom is -0.352 e. The van der Waals surface area contributed by atoms with Crippen LogP contribution >= 0.6 is 0 Å². The van der Waals surface area contributed by atoms with Crippen LogP contribution in [-0.4, -0.2) is 48.9 Å². The maximum Gasteiger partial charge on any atom is 0.390 e. The molecule has 0 spiro atoms. The molecule has 184 valence electrons. The molecule has 3 aromatic rings. The molecule has 0 saturated carbocycles. The minimum atomic E-state index is -4.41. The number of imidazole rings is 1. The zero-order chi connectivity index (χ0) is 24.9. The molecule has 2 heterocycles. The molecule has 0 unspecified atom stereocenters. The molecular weight excluding hydrogens is 472 g/mol. The number of aromatic nitrogens is 5. The van der Waals surface area contributed by atoms with Crippen molar-refractivity contribution in [3.05, 3.63) is 41.7 Å². The molecule has 15 heteroatoms. The zero-order valence-electron chi connectivity index (χ0n) is 17.4. The number of amides is 2. The van der Waals surface area contributed by atoms with Crippen LogP contribution in [0.4, 0.5) is 26.3 Å². The first kappa shape index (κ1) is 25.0. The number of H-pyrrole nitrogens is 1. The lowest BCUT2D eigenvalue weighted by molar-refractivity contribution is -0.144. The van der Waals surface area contributed by atoms with Crippen molar-refractivity contribution in [1.82, 2.24) is 35.4 Å². The van der Waals surface area contributed by atoms with Crippen LogP contribution in [0.5, 0.6) is 0 Å². The average molecular weight is 491 g/mol. The van der Waals surface area contributed by atoms with Crippen LogP contribution in [0.15, 0.2) is 24.5 Å². The fourth-order valence-corrected chi connectivity index (χ4v) is 2.93. The first-order valence-corrected chi connectivity index (χ1v) is 9.93. The van der Waals surface area contributed by atoms with Crippen molar-refractivity contribution >= 4 is 22.8 Å². The number of benzene rings is 1. The van der Waals surface area contributed by atoms with Crippen LogP contribution in [0.1, 0.15) is 41.3 Å². The Hall–Kier alpha value is -3.65. The molecular formula is C19H19F6N7O2. The Morgan fingerprint density at radius 2 is 1.74 bits per heavy atom. The van der Waals surface area contributed by atoms with Crippen molar-refractivity contribution in [2.75, 3.05) is 0 Å². The highest BCUT2D eigenvalue weighted by molar-refractivity contribution is 5.90. The van der Waals surface area contributed by atoms with Crippen molar-refractivity contribution in [3.63, 3.8) is 0 Å². The van der Waals surface area contributed by atoms with Crippen LogP contribution in [0.3, 0.4) is 0 Å². The molecule has 0 bridgehead atoms. The van der Waals surface area contributed by atoms with Gasteiger partial charge in [0.05, 0.1) is 37.0 Å². The normalized spacial score (nSPS) is 12.2. The number of hydrogen-bond donors (Lipinski definition) is 3. The molecule has 0 fully saturated rings. The lowest BCUT2D eigenvalue weighted by atomic mass is 10.2. The Morgan fingerprint density at radius 3 is 2.44 bits per heavy atom. The molecule has 0 atom stereocenters. The van der Waals surface area contributed by atoms with Gasteiger partial charge in [-0.15, -0.1) is 0 Å². The summed E-state index contributed by atoms with van der Waals surface area (Å²) in [4.78, 5) is 34.8. The summed E-state index contributed by atoms with van der Waals surface area (Å²) in [6.07, 6.45) is -10.9. The van der Waals surface area contributed by atoms with Crippen molar-refractivity contribution < 1.29 is 35.9 Å². The SMILES string of the molecule is O=C(CCC(F)(F)F)NCc1ccc2nc(CNC(=O)c3ncnn3CCC(F)(F)F)[nH]c2c1. The number of halogens is 6. The van der Waals surface area contributed by atoms with E-state index in [-0.39, 0.29) is 18.9 Å². The monoisotopic (exact) mass is 491 g/mol. The third-order valence-electron chi connectivity index (χ3n) is 4.56. The standard InChI is InChI=1S/C19H19F6N7O2/c20-18(21,22)4-3-15(33)26-8-11-1-2-12-13(7-11)31-14(30-12)9-27-17(34)16-28-10-29-32(16)6-5-19(23,24)25/h1-2,7,10H,3-6,8-9H2,(H,26,33)(H,27,34)(H,30,31). The predicted octanol–water partition coefficient (Wildman–Crippen LogP) is 3.00. The second kappa shape index (κ2) is 10.1. The first-order chi connectivity index (χ1) is 15.9. The summed E-state index contributed by atoms with van der Waals surface area (Å²) in [5.41, 5.74) is 1.70. The van der Waals surface area contributed by atoms with E-state index < -0.39 is 50.0 Å². The molecule has 34 heavy (non-hydrogen) atoms. The summed E-state index contributed by atoms with van der Waals surface area (Å²) >= 11 is 0. The van der Waals surface area contributed by atoms with Gasteiger partial charge in [-0.25, -0.2) is 14.6 Å². The van der Waals surface area contributed by atoms with Crippen molar-refractivity contribution in [3.8, 4) is 0 Å². The van der Waals surface area contributed by atoms with E-state index >= 15 is 0 Å². The largest absolute Gasteiger partial charge is 0.390 e. The molecule has 2 amide bonds. The van der Waals surface area contributed by atoms with Gasteiger partial charge < -0.3 is 15.6 Å². The number of fused-ring (bicyclic) bond motifs is 1. The first-order valence-electron chi connectivity index (χ1n) is 9.93. The van der Waals surface area contributed by atoms with E-state index in [1.54, 1.807) is 18.2 Å². The summed E-state index contributed by atoms with van der Waals surface area (Å²) in [5, 5.41) is 8.53. The summed E-state index contributed by atoms with van der Waals surface area (Å²) in [6, 6.07) is 4.91. The molecule has 3 N–H and O–H groups in total. The van der Waals surface area contributed by atoms with E-state index in [4.69, 9.17) is 0 Å². The highest BCUT2D eigenvalue weighted by atomic mass is 19.4. The van der Waals surface area contributed by atoms with Gasteiger partial charge in [-0.2, -0.15) is 31.4 Å². The number of carbonyl (C=O) groups excluding carboxylic acids is 2. The highest BCUT2D eigenvalue weighted by Crippen LogP contribution is 2.21. The lowest BCUT2D eigenvalue weighted by Gasteiger charge is -2.08. The van der Waals surface area contributed by atoms with Gasteiger partial charge in [0.15, 0.2) is 0 Å². The summed E-state index contributed by atoms with van der Waals surface area (Å²) < 4.78 is 74.6. The molecule has 9 nitrogen and oxygen atoms in total. The Labute approximate surface area is 187 Å². The van der Waals surface area contributed by atoms with Gasteiger partial charge in [0.2, 0.25) is 11.7 Å². The molecule has 0 aliphatic carbocycles. The second-order valence-electron chi connectivity index (χ2n) is 7.28. The van der Waals surface area contributed by atoms with Gasteiger partial charge in [0, 0.05) is 13.0 Å². The van der Waals surface area contributed by atoms with E-state index in [2.05, 4.69) is 30.7 Å². The van der Waals surface area contributed by atoms with E-state index in [1.165, 1.54) is 0 Å². The average Bonchev–Trinajstić information content (AvgIpc) is 3.38. The molecule has 0 aliphatic heterocycles. The van der Waals surface area contributed by atoms with Crippen LogP contribution < -0.4 is 10.6 Å². The van der Waals surface area contributed by atoms with Gasteiger partial charge in [0.1, 0.15) is 12.2 Å². The topological polar surface area (TPSA) is 118 Å². The van der Waals surface area contributed by atoms with Crippen molar-refractivity contribution in [1.29, 1.82) is 0 Å². The lowest BCUT2D eigenvalue weighted by Crippen LogP contribution is -2.28. The van der Waals surface area contributed by atoms with Gasteiger partial charge in [-0.05, 0) is 17.7 Å². The van der Waals surface area contributed by atoms with E-state index in [0.717, 1.165) is 11.0 Å². The van der Waals surface area contributed by atoms with Gasteiger partial charge in [0.25, 0.3) is 5.91 Å². The van der Waals surface area contributed by atoms with Crippen LogP contribution in [0, 0.1) is 0 Å². The fourth-order valence-electron chi connectivity index (χ4n) is 2.93. The molecule has 0 saturated heterocycles. The van der Waals surface area contributed by atoms with Gasteiger partial charge >= 0.3 is 12.4 Å². The molecule has 2 aromatic heterocycles. The fraction of sp³-hybridized carbons (Fsp3) is 0.421. The number of aromatic amines is 1. The number of alkyl halides is 6. The third-order valence-corrected chi connectivity index (χ3v) is 4.56. The summed E-state index contributed by atoms with van der Waals surface area (Å²) in [5.74, 6) is -1.39. The second-order valence-corrected chi connectivity index (χ2v) is 7.28. The Kier molecular flexibility index (Phi) is 7.41. The quantitative estimate of drug-likeness (QED) is 0.398. The van der Waals surface area contributed by atoms with Crippen LogP contribution in [0.2, 0.25) is 0 Å². The van der Waals surface area contributed by atoms with E-state index in [9.17, 15) is 35.9 Å². The van der Waals surface area contributed by atoms with Crippen molar-refractivity contribution in [2.45, 2.75) is 51.2 Å².